The highest BCUT2D eigenvalue weighted by atomic mass is 32.2. The molecule has 0 radical (unpaired) electrons. The van der Waals surface area contributed by atoms with E-state index in [1.54, 1.807) is 51.1 Å². The van der Waals surface area contributed by atoms with Crippen LogP contribution in [-0.2, 0) is 14.8 Å². The third-order valence-corrected chi connectivity index (χ3v) is 6.31. The van der Waals surface area contributed by atoms with Crippen LogP contribution >= 0.6 is 0 Å². The molecule has 0 saturated carbocycles. The maximum Gasteiger partial charge on any atom is 0.273 e. The lowest BCUT2D eigenvalue weighted by molar-refractivity contribution is -0.110. The van der Waals surface area contributed by atoms with Gasteiger partial charge in [-0.2, -0.15) is 0 Å². The molecule has 8 nitrogen and oxygen atoms in total. The first-order chi connectivity index (χ1) is 13.6. The van der Waals surface area contributed by atoms with E-state index in [1.165, 1.54) is 22.3 Å². The summed E-state index contributed by atoms with van der Waals surface area (Å²) in [6.07, 6.45) is 1.36. The summed E-state index contributed by atoms with van der Waals surface area (Å²) in [5.41, 5.74) is 7.26. The van der Waals surface area contributed by atoms with E-state index in [1.807, 2.05) is 0 Å². The Kier molecular flexibility index (Phi) is 5.25. The Bertz CT molecular complexity index is 1250. The maximum absolute atomic E-state index is 13.0. The number of carbonyl (C=O) groups excluding carboxylic acids is 1. The Balaban J connectivity index is 1.99. The highest BCUT2D eigenvalue weighted by molar-refractivity contribution is 7.90. The molecule has 0 aliphatic heterocycles. The summed E-state index contributed by atoms with van der Waals surface area (Å²) in [6, 6.07) is 11.4. The summed E-state index contributed by atoms with van der Waals surface area (Å²) in [5, 5.41) is 11.0. The van der Waals surface area contributed by atoms with Crippen LogP contribution < -0.4 is 11.1 Å². The van der Waals surface area contributed by atoms with Gasteiger partial charge in [-0.15, -0.1) is 0 Å². The fraction of sp³-hybridized carbons (Fsp3) is 0.150. The minimum Gasteiger partial charge on any atom is -0.402 e. The van der Waals surface area contributed by atoms with Gasteiger partial charge in [-0.25, -0.2) is 17.4 Å². The number of nitrogens with two attached hydrogens (primary N) is 1. The third-order valence-electron chi connectivity index (χ3n) is 4.51. The molecule has 0 atom stereocenters. The number of rotatable bonds is 5. The Morgan fingerprint density at radius 3 is 2.45 bits per heavy atom. The van der Waals surface area contributed by atoms with E-state index in [-0.39, 0.29) is 16.3 Å². The molecule has 9 heteroatoms. The maximum atomic E-state index is 13.0. The number of benzene rings is 1. The second-order valence-electron chi connectivity index (χ2n) is 6.64. The SMILES string of the molecule is C/C(N)=C(\C)C(=N)C(=O)Nc1cnc2c(c1)cc(C)n2S(=O)(=O)c1ccccc1. The molecule has 3 aromatic rings. The molecule has 2 aromatic heterocycles. The number of aromatic nitrogens is 2. The van der Waals surface area contributed by atoms with Crippen molar-refractivity contribution >= 4 is 38.4 Å². The molecule has 0 spiro atoms. The lowest BCUT2D eigenvalue weighted by Crippen LogP contribution is -2.24. The van der Waals surface area contributed by atoms with Crippen molar-refractivity contribution in [3.8, 4) is 0 Å². The zero-order valence-corrected chi connectivity index (χ0v) is 17.0. The van der Waals surface area contributed by atoms with Crippen molar-refractivity contribution in [3.63, 3.8) is 0 Å². The molecule has 0 unspecified atom stereocenters. The molecule has 1 amide bonds. The van der Waals surface area contributed by atoms with Crippen LogP contribution in [0.15, 0.2) is 64.8 Å². The molecule has 29 heavy (non-hydrogen) atoms. The number of allylic oxidation sites excluding steroid dienone is 1. The number of nitrogens with zero attached hydrogens (tertiary/aromatic N) is 2. The summed E-state index contributed by atoms with van der Waals surface area (Å²) in [7, 11) is -3.81. The van der Waals surface area contributed by atoms with Crippen molar-refractivity contribution in [2.75, 3.05) is 5.32 Å². The van der Waals surface area contributed by atoms with E-state index in [0.29, 0.717) is 28.0 Å². The van der Waals surface area contributed by atoms with Crippen molar-refractivity contribution in [2.45, 2.75) is 25.7 Å². The summed E-state index contributed by atoms with van der Waals surface area (Å²) < 4.78 is 27.2. The van der Waals surface area contributed by atoms with Gasteiger partial charge in [-0.05, 0) is 50.6 Å². The molecule has 0 aliphatic carbocycles. The number of fused-ring (bicyclic) bond motifs is 1. The van der Waals surface area contributed by atoms with Crippen LogP contribution in [0.5, 0.6) is 0 Å². The quantitative estimate of drug-likeness (QED) is 0.556. The Labute approximate surface area is 168 Å². The number of anilines is 1. The van der Waals surface area contributed by atoms with E-state index in [2.05, 4.69) is 10.3 Å². The van der Waals surface area contributed by atoms with E-state index in [9.17, 15) is 13.2 Å². The highest BCUT2D eigenvalue weighted by Crippen LogP contribution is 2.26. The van der Waals surface area contributed by atoms with Crippen LogP contribution in [0.1, 0.15) is 19.5 Å². The second-order valence-corrected chi connectivity index (χ2v) is 8.43. The van der Waals surface area contributed by atoms with Crippen LogP contribution in [-0.4, -0.2) is 29.0 Å². The average Bonchev–Trinajstić information content (AvgIpc) is 3.02. The van der Waals surface area contributed by atoms with E-state index in [0.717, 1.165) is 0 Å². The molecular formula is C20H21N5O3S. The highest BCUT2D eigenvalue weighted by Gasteiger charge is 2.22. The molecular weight excluding hydrogens is 390 g/mol. The number of carbonyl (C=O) groups is 1. The minimum absolute atomic E-state index is 0.160. The Morgan fingerprint density at radius 2 is 1.83 bits per heavy atom. The van der Waals surface area contributed by atoms with Gasteiger partial charge in [0.05, 0.1) is 16.8 Å². The van der Waals surface area contributed by atoms with E-state index >= 15 is 0 Å². The average molecular weight is 411 g/mol. The summed E-state index contributed by atoms with van der Waals surface area (Å²) in [6.45, 7) is 4.88. The zero-order valence-electron chi connectivity index (χ0n) is 16.2. The van der Waals surface area contributed by atoms with Gasteiger partial charge in [0.25, 0.3) is 15.9 Å². The van der Waals surface area contributed by atoms with Crippen LogP contribution in [0.3, 0.4) is 0 Å². The van der Waals surface area contributed by atoms with Gasteiger partial charge in [-0.3, -0.25) is 10.2 Å². The summed E-state index contributed by atoms with van der Waals surface area (Å²) in [5.74, 6) is -0.624. The number of hydrogen-bond donors (Lipinski definition) is 3. The fourth-order valence-corrected chi connectivity index (χ4v) is 4.36. The molecule has 2 heterocycles. The molecule has 150 valence electrons. The second kappa shape index (κ2) is 7.51. The van der Waals surface area contributed by atoms with Crippen molar-refractivity contribution in [1.82, 2.24) is 8.96 Å². The Hall–Kier alpha value is -3.46. The number of hydrogen-bond acceptors (Lipinski definition) is 6. The lowest BCUT2D eigenvalue weighted by atomic mass is 10.1. The third kappa shape index (κ3) is 3.77. The molecule has 0 aliphatic rings. The monoisotopic (exact) mass is 411 g/mol. The largest absolute Gasteiger partial charge is 0.402 e. The first kappa shape index (κ1) is 20.3. The number of amides is 1. The normalized spacial score (nSPS) is 12.5. The molecule has 0 saturated heterocycles. The van der Waals surface area contributed by atoms with Gasteiger partial charge in [0, 0.05) is 16.8 Å². The number of nitrogens with one attached hydrogen (secondary N) is 2. The zero-order chi connectivity index (χ0) is 21.3. The smallest absolute Gasteiger partial charge is 0.273 e. The Morgan fingerprint density at radius 1 is 1.17 bits per heavy atom. The van der Waals surface area contributed by atoms with Crippen LogP contribution in [0.2, 0.25) is 0 Å². The van der Waals surface area contributed by atoms with Gasteiger partial charge >= 0.3 is 0 Å². The predicted molar refractivity (Wildman–Crippen MR) is 112 cm³/mol. The lowest BCUT2D eigenvalue weighted by Gasteiger charge is -2.10. The molecule has 1 aromatic carbocycles. The van der Waals surface area contributed by atoms with Crippen LogP contribution in [0.4, 0.5) is 5.69 Å². The summed E-state index contributed by atoms with van der Waals surface area (Å²) >= 11 is 0. The van der Waals surface area contributed by atoms with Crippen molar-refractivity contribution in [2.24, 2.45) is 5.73 Å². The number of aryl methyl sites for hydroxylation is 1. The van der Waals surface area contributed by atoms with E-state index < -0.39 is 15.9 Å². The van der Waals surface area contributed by atoms with Gasteiger partial charge in [0.2, 0.25) is 0 Å². The van der Waals surface area contributed by atoms with Gasteiger partial charge in [0.15, 0.2) is 5.65 Å². The van der Waals surface area contributed by atoms with Crippen LogP contribution in [0.25, 0.3) is 11.0 Å². The number of pyridine rings is 1. The first-order valence-corrected chi connectivity index (χ1v) is 10.2. The van der Waals surface area contributed by atoms with E-state index in [4.69, 9.17) is 11.1 Å². The minimum atomic E-state index is -3.81. The van der Waals surface area contributed by atoms with Gasteiger partial charge in [-0.1, -0.05) is 18.2 Å². The summed E-state index contributed by atoms with van der Waals surface area (Å²) in [4.78, 5) is 16.7. The van der Waals surface area contributed by atoms with Gasteiger partial charge in [0.1, 0.15) is 5.71 Å². The predicted octanol–water partition coefficient (Wildman–Crippen LogP) is 2.79. The molecule has 0 fully saturated rings. The molecule has 3 rings (SSSR count). The van der Waals surface area contributed by atoms with Crippen molar-refractivity contribution in [3.05, 3.63) is 65.6 Å². The van der Waals surface area contributed by atoms with Crippen molar-refractivity contribution < 1.29 is 13.2 Å². The fourth-order valence-electron chi connectivity index (χ4n) is 2.83. The topological polar surface area (TPSA) is 131 Å². The first-order valence-electron chi connectivity index (χ1n) is 8.75. The van der Waals surface area contributed by atoms with Crippen LogP contribution in [0, 0.1) is 12.3 Å². The molecule has 4 N–H and O–H groups in total. The molecule has 0 bridgehead atoms. The van der Waals surface area contributed by atoms with Gasteiger partial charge < -0.3 is 11.1 Å². The standard InChI is InChI=1S/C20H21N5O3S/c1-12-9-15-10-16(24-20(26)18(22)13(2)14(3)21)11-23-19(15)25(12)29(27,28)17-7-5-4-6-8-17/h4-11,22H,21H2,1-3H3,(H,24,26)/b14-13-,22-18?. The van der Waals surface area contributed by atoms with Crippen molar-refractivity contribution in [1.29, 1.82) is 5.41 Å².